The summed E-state index contributed by atoms with van der Waals surface area (Å²) >= 11 is 0. The first-order valence-corrected chi connectivity index (χ1v) is 3.82. The van der Waals surface area contributed by atoms with Crippen molar-refractivity contribution in [2.24, 2.45) is 5.84 Å². The number of halogens is 2. The second-order valence-corrected chi connectivity index (χ2v) is 2.56. The number of rotatable bonds is 4. The summed E-state index contributed by atoms with van der Waals surface area (Å²) in [5.41, 5.74) is 3.06. The molecule has 0 aliphatic rings. The van der Waals surface area contributed by atoms with E-state index in [9.17, 15) is 8.78 Å². The van der Waals surface area contributed by atoms with Gasteiger partial charge in [0.2, 0.25) is 0 Å². The lowest BCUT2D eigenvalue weighted by molar-refractivity contribution is 0.505. The van der Waals surface area contributed by atoms with Crippen LogP contribution in [0.4, 0.5) is 8.78 Å². The summed E-state index contributed by atoms with van der Waals surface area (Å²) in [5, 5.41) is 2.87. The first-order valence-electron chi connectivity index (χ1n) is 3.82. The predicted octanol–water partition coefficient (Wildman–Crippen LogP) is 0.475. The van der Waals surface area contributed by atoms with Gasteiger partial charge in [-0.05, 0) is 17.7 Å². The van der Waals surface area contributed by atoms with Crippen molar-refractivity contribution >= 4 is 0 Å². The van der Waals surface area contributed by atoms with Crippen LogP contribution in [0.25, 0.3) is 0 Å². The van der Waals surface area contributed by atoms with E-state index in [1.54, 1.807) is 0 Å². The third-order valence-corrected chi connectivity index (χ3v) is 1.54. The van der Waals surface area contributed by atoms with E-state index in [4.69, 9.17) is 5.84 Å². The van der Waals surface area contributed by atoms with E-state index in [-0.39, 0.29) is 0 Å². The monoisotopic (exact) mass is 187 g/mol. The first kappa shape index (κ1) is 10.0. The number of nitrogens with two attached hydrogens (primary N) is 1. The summed E-state index contributed by atoms with van der Waals surface area (Å²) in [6.07, 6.45) is 0. The van der Waals surface area contributed by atoms with Gasteiger partial charge in [-0.25, -0.2) is 14.2 Å². The molecule has 4 N–H and O–H groups in total. The summed E-state index contributed by atoms with van der Waals surface area (Å²) in [6, 6.07) is 3.77. The highest BCUT2D eigenvalue weighted by Crippen LogP contribution is 2.07. The molecule has 1 aromatic carbocycles. The van der Waals surface area contributed by atoms with Gasteiger partial charge in [0.25, 0.3) is 0 Å². The Morgan fingerprint density at radius 2 is 2.00 bits per heavy atom. The van der Waals surface area contributed by atoms with Gasteiger partial charge < -0.3 is 0 Å². The van der Waals surface area contributed by atoms with E-state index < -0.39 is 11.6 Å². The fourth-order valence-electron chi connectivity index (χ4n) is 0.929. The second kappa shape index (κ2) is 4.86. The SMILES string of the molecule is NNCNCc1ccc(F)c(F)c1. The van der Waals surface area contributed by atoms with E-state index >= 15 is 0 Å². The van der Waals surface area contributed by atoms with Crippen molar-refractivity contribution in [1.82, 2.24) is 10.7 Å². The van der Waals surface area contributed by atoms with E-state index in [0.717, 1.165) is 12.1 Å². The molecule has 0 aromatic heterocycles. The van der Waals surface area contributed by atoms with Gasteiger partial charge >= 0.3 is 0 Å². The molecule has 0 heterocycles. The molecule has 0 saturated carbocycles. The van der Waals surface area contributed by atoms with Gasteiger partial charge in [0.15, 0.2) is 11.6 Å². The third-order valence-electron chi connectivity index (χ3n) is 1.54. The van der Waals surface area contributed by atoms with E-state index in [1.807, 2.05) is 0 Å². The van der Waals surface area contributed by atoms with Crippen LogP contribution in [-0.4, -0.2) is 6.67 Å². The second-order valence-electron chi connectivity index (χ2n) is 2.56. The van der Waals surface area contributed by atoms with Crippen molar-refractivity contribution in [3.05, 3.63) is 35.4 Å². The predicted molar refractivity (Wildman–Crippen MR) is 45.4 cm³/mol. The smallest absolute Gasteiger partial charge is 0.159 e. The zero-order valence-corrected chi connectivity index (χ0v) is 6.98. The molecule has 72 valence electrons. The van der Waals surface area contributed by atoms with E-state index in [1.165, 1.54) is 6.07 Å². The Morgan fingerprint density at radius 1 is 1.23 bits per heavy atom. The molecule has 13 heavy (non-hydrogen) atoms. The highest BCUT2D eigenvalue weighted by molar-refractivity contribution is 5.17. The number of hydrazine groups is 1. The summed E-state index contributed by atoms with van der Waals surface area (Å²) in [7, 11) is 0. The number of benzene rings is 1. The summed E-state index contributed by atoms with van der Waals surface area (Å²) in [4.78, 5) is 0. The molecule has 0 radical (unpaired) electrons. The molecule has 1 rings (SSSR count). The van der Waals surface area contributed by atoms with Gasteiger partial charge in [-0.15, -0.1) is 0 Å². The Kier molecular flexibility index (Phi) is 3.75. The van der Waals surface area contributed by atoms with Crippen LogP contribution < -0.4 is 16.6 Å². The molecule has 0 spiro atoms. The minimum atomic E-state index is -0.833. The molecule has 0 atom stereocenters. The van der Waals surface area contributed by atoms with Crippen molar-refractivity contribution in [3.8, 4) is 0 Å². The van der Waals surface area contributed by atoms with Crippen molar-refractivity contribution in [2.45, 2.75) is 6.54 Å². The van der Waals surface area contributed by atoms with Crippen LogP contribution in [0.3, 0.4) is 0 Å². The summed E-state index contributed by atoms with van der Waals surface area (Å²) < 4.78 is 25.1. The maximum absolute atomic E-state index is 12.6. The molecule has 0 fully saturated rings. The summed E-state index contributed by atoms with van der Waals surface area (Å²) in [6.45, 7) is 0.862. The molecule has 0 aliphatic heterocycles. The highest BCUT2D eigenvalue weighted by atomic mass is 19.2. The maximum Gasteiger partial charge on any atom is 0.159 e. The third kappa shape index (κ3) is 3.06. The molecule has 0 amide bonds. The fraction of sp³-hybridized carbons (Fsp3) is 0.250. The molecule has 0 saturated heterocycles. The topological polar surface area (TPSA) is 50.1 Å². The normalized spacial score (nSPS) is 10.4. The standard InChI is InChI=1S/C8H11F2N3/c9-7-2-1-6(3-8(7)10)4-12-5-13-11/h1-3,12-13H,4-5,11H2. The zero-order valence-electron chi connectivity index (χ0n) is 6.98. The van der Waals surface area contributed by atoms with Gasteiger partial charge in [-0.3, -0.25) is 11.2 Å². The molecule has 0 aliphatic carbocycles. The Labute approximate surface area is 74.9 Å². The Bertz CT molecular complexity index is 278. The molecule has 3 nitrogen and oxygen atoms in total. The number of hydrogen-bond acceptors (Lipinski definition) is 3. The summed E-state index contributed by atoms with van der Waals surface area (Å²) in [5.74, 6) is 3.33. The van der Waals surface area contributed by atoms with Crippen LogP contribution in [0.1, 0.15) is 5.56 Å². The number of nitrogens with one attached hydrogen (secondary N) is 2. The highest BCUT2D eigenvalue weighted by Gasteiger charge is 2.01. The zero-order chi connectivity index (χ0) is 9.68. The Morgan fingerprint density at radius 3 is 2.62 bits per heavy atom. The number of hydrogen-bond donors (Lipinski definition) is 3. The maximum atomic E-state index is 12.6. The molecule has 1 aromatic rings. The van der Waals surface area contributed by atoms with Gasteiger partial charge in [0, 0.05) is 6.54 Å². The van der Waals surface area contributed by atoms with Crippen LogP contribution in [0.15, 0.2) is 18.2 Å². The van der Waals surface area contributed by atoms with Crippen LogP contribution in [0.5, 0.6) is 0 Å². The molecular formula is C8H11F2N3. The first-order chi connectivity index (χ1) is 6.24. The van der Waals surface area contributed by atoms with Crippen molar-refractivity contribution < 1.29 is 8.78 Å². The lowest BCUT2D eigenvalue weighted by Gasteiger charge is -2.03. The lowest BCUT2D eigenvalue weighted by atomic mass is 10.2. The molecule has 0 bridgehead atoms. The van der Waals surface area contributed by atoms with E-state index in [2.05, 4.69) is 10.7 Å². The van der Waals surface area contributed by atoms with Crippen molar-refractivity contribution in [1.29, 1.82) is 0 Å². The van der Waals surface area contributed by atoms with Gasteiger partial charge in [0.05, 0.1) is 6.67 Å². The van der Waals surface area contributed by atoms with Crippen LogP contribution in [-0.2, 0) is 6.54 Å². The lowest BCUT2D eigenvalue weighted by Crippen LogP contribution is -2.33. The van der Waals surface area contributed by atoms with E-state index in [0.29, 0.717) is 18.8 Å². The molecular weight excluding hydrogens is 176 g/mol. The van der Waals surface area contributed by atoms with Gasteiger partial charge in [-0.2, -0.15) is 0 Å². The Balaban J connectivity index is 2.53. The fourth-order valence-corrected chi connectivity index (χ4v) is 0.929. The van der Waals surface area contributed by atoms with Gasteiger partial charge in [-0.1, -0.05) is 6.07 Å². The Hall–Kier alpha value is -1.04. The minimum Gasteiger partial charge on any atom is -0.299 e. The average molecular weight is 187 g/mol. The average Bonchev–Trinajstić information content (AvgIpc) is 2.12. The minimum absolute atomic E-state index is 0.416. The largest absolute Gasteiger partial charge is 0.299 e. The van der Waals surface area contributed by atoms with Crippen molar-refractivity contribution in [3.63, 3.8) is 0 Å². The van der Waals surface area contributed by atoms with Crippen LogP contribution in [0, 0.1) is 11.6 Å². The molecule has 0 unspecified atom stereocenters. The van der Waals surface area contributed by atoms with Crippen LogP contribution in [0.2, 0.25) is 0 Å². The van der Waals surface area contributed by atoms with Crippen LogP contribution >= 0.6 is 0 Å². The van der Waals surface area contributed by atoms with Crippen molar-refractivity contribution in [2.75, 3.05) is 6.67 Å². The quantitative estimate of drug-likeness (QED) is 0.278. The molecule has 5 heteroatoms. The van der Waals surface area contributed by atoms with Gasteiger partial charge in [0.1, 0.15) is 0 Å².